The molecule has 1 fully saturated rings. The van der Waals surface area contributed by atoms with Crippen LogP contribution in [0.15, 0.2) is 0 Å². The molecule has 0 saturated carbocycles. The minimum Gasteiger partial charge on any atom is -0.314 e. The third-order valence-corrected chi connectivity index (χ3v) is 5.86. The minimum atomic E-state index is 0.463. The maximum absolute atomic E-state index is 3.68. The van der Waals surface area contributed by atoms with Crippen LogP contribution in [0.25, 0.3) is 0 Å². The van der Waals surface area contributed by atoms with Crippen LogP contribution in [-0.4, -0.2) is 37.1 Å². The van der Waals surface area contributed by atoms with Crippen LogP contribution in [0.2, 0.25) is 0 Å². The van der Waals surface area contributed by atoms with Crippen molar-refractivity contribution >= 4 is 0 Å². The highest BCUT2D eigenvalue weighted by Crippen LogP contribution is 2.36. The van der Waals surface area contributed by atoms with E-state index in [1.54, 1.807) is 0 Å². The average molecular weight is 283 g/mol. The summed E-state index contributed by atoms with van der Waals surface area (Å²) in [6.07, 6.45) is 6.66. The maximum Gasteiger partial charge on any atom is 0.00499 e. The van der Waals surface area contributed by atoms with Gasteiger partial charge in [0.25, 0.3) is 0 Å². The fourth-order valence-corrected chi connectivity index (χ4v) is 3.28. The molecular formula is C18H38N2. The summed E-state index contributed by atoms with van der Waals surface area (Å²) >= 11 is 0. The van der Waals surface area contributed by atoms with Gasteiger partial charge in [0.1, 0.15) is 0 Å². The lowest BCUT2D eigenvalue weighted by Gasteiger charge is -2.44. The summed E-state index contributed by atoms with van der Waals surface area (Å²) in [5.41, 5.74) is 1.07. The SMILES string of the molecule is CCC1(C)CCN(CC(CC)(CC)CNC(C)C)CC1. The van der Waals surface area contributed by atoms with Crippen molar-refractivity contribution in [2.24, 2.45) is 10.8 Å². The van der Waals surface area contributed by atoms with Gasteiger partial charge in [0.15, 0.2) is 0 Å². The molecule has 0 aromatic carbocycles. The summed E-state index contributed by atoms with van der Waals surface area (Å²) in [7, 11) is 0. The van der Waals surface area contributed by atoms with Crippen molar-refractivity contribution in [1.29, 1.82) is 0 Å². The van der Waals surface area contributed by atoms with Gasteiger partial charge in [-0.1, -0.05) is 48.0 Å². The quantitative estimate of drug-likeness (QED) is 0.714. The maximum atomic E-state index is 3.68. The van der Waals surface area contributed by atoms with Crippen molar-refractivity contribution in [3.63, 3.8) is 0 Å². The second-order valence-corrected chi connectivity index (χ2v) is 7.68. The third-order valence-electron chi connectivity index (χ3n) is 5.86. The molecule has 0 amide bonds. The Kier molecular flexibility index (Phi) is 7.00. The largest absolute Gasteiger partial charge is 0.314 e. The van der Waals surface area contributed by atoms with Crippen molar-refractivity contribution < 1.29 is 0 Å². The highest BCUT2D eigenvalue weighted by Gasteiger charge is 2.33. The molecule has 1 aliphatic rings. The van der Waals surface area contributed by atoms with Crippen LogP contribution in [0.4, 0.5) is 0 Å². The first-order valence-corrected chi connectivity index (χ1v) is 8.84. The van der Waals surface area contributed by atoms with Crippen LogP contribution < -0.4 is 5.32 Å². The highest BCUT2D eigenvalue weighted by molar-refractivity contribution is 4.87. The lowest BCUT2D eigenvalue weighted by Crippen LogP contribution is -2.48. The zero-order valence-corrected chi connectivity index (χ0v) is 14.9. The molecule has 1 aliphatic heterocycles. The van der Waals surface area contributed by atoms with E-state index in [1.165, 1.54) is 58.3 Å². The number of likely N-dealkylation sites (tertiary alicyclic amines) is 1. The fourth-order valence-electron chi connectivity index (χ4n) is 3.28. The topological polar surface area (TPSA) is 15.3 Å². The fraction of sp³-hybridized carbons (Fsp3) is 1.00. The first kappa shape index (κ1) is 18.0. The molecule has 0 unspecified atom stereocenters. The molecule has 120 valence electrons. The number of hydrogen-bond acceptors (Lipinski definition) is 2. The van der Waals surface area contributed by atoms with E-state index in [0.29, 0.717) is 16.9 Å². The molecule has 0 aromatic heterocycles. The van der Waals surface area contributed by atoms with E-state index >= 15 is 0 Å². The van der Waals surface area contributed by atoms with E-state index in [1.807, 2.05) is 0 Å². The first-order valence-electron chi connectivity index (χ1n) is 8.84. The van der Waals surface area contributed by atoms with Gasteiger partial charge in [0.05, 0.1) is 0 Å². The average Bonchev–Trinajstić information content (AvgIpc) is 2.46. The molecule has 0 radical (unpaired) electrons. The number of nitrogens with one attached hydrogen (secondary N) is 1. The van der Waals surface area contributed by atoms with E-state index in [4.69, 9.17) is 0 Å². The Morgan fingerprint density at radius 2 is 1.65 bits per heavy atom. The Morgan fingerprint density at radius 3 is 2.05 bits per heavy atom. The van der Waals surface area contributed by atoms with Crippen molar-refractivity contribution in [3.05, 3.63) is 0 Å². The van der Waals surface area contributed by atoms with Gasteiger partial charge in [-0.25, -0.2) is 0 Å². The molecule has 1 heterocycles. The smallest absolute Gasteiger partial charge is 0.00499 e. The second kappa shape index (κ2) is 7.79. The summed E-state index contributed by atoms with van der Waals surface area (Å²) in [5, 5.41) is 3.68. The summed E-state index contributed by atoms with van der Waals surface area (Å²) in [5.74, 6) is 0. The van der Waals surface area contributed by atoms with E-state index in [9.17, 15) is 0 Å². The molecule has 20 heavy (non-hydrogen) atoms. The van der Waals surface area contributed by atoms with Crippen LogP contribution in [-0.2, 0) is 0 Å². The molecule has 0 spiro atoms. The van der Waals surface area contributed by atoms with Crippen molar-refractivity contribution in [1.82, 2.24) is 10.2 Å². The van der Waals surface area contributed by atoms with Gasteiger partial charge in [-0.15, -0.1) is 0 Å². The molecule has 0 aromatic rings. The Morgan fingerprint density at radius 1 is 1.10 bits per heavy atom. The summed E-state index contributed by atoms with van der Waals surface area (Å²) < 4.78 is 0. The summed E-state index contributed by atoms with van der Waals surface area (Å²) in [6, 6.07) is 0.595. The molecule has 0 aliphatic carbocycles. The molecule has 2 nitrogen and oxygen atoms in total. The Hall–Kier alpha value is -0.0800. The molecule has 1 rings (SSSR count). The van der Waals surface area contributed by atoms with E-state index in [0.717, 1.165) is 0 Å². The van der Waals surface area contributed by atoms with Gasteiger partial charge in [0, 0.05) is 19.1 Å². The summed E-state index contributed by atoms with van der Waals surface area (Å²) in [4.78, 5) is 2.73. The van der Waals surface area contributed by atoms with Crippen molar-refractivity contribution in [2.75, 3.05) is 26.2 Å². The van der Waals surface area contributed by atoms with Crippen LogP contribution in [0.5, 0.6) is 0 Å². The number of nitrogens with zero attached hydrogens (tertiary/aromatic N) is 1. The molecule has 0 atom stereocenters. The van der Waals surface area contributed by atoms with Gasteiger partial charge in [-0.2, -0.15) is 0 Å². The molecule has 2 heteroatoms. The van der Waals surface area contributed by atoms with Crippen LogP contribution in [0.3, 0.4) is 0 Å². The predicted octanol–water partition coefficient (Wildman–Crippen LogP) is 4.30. The number of hydrogen-bond donors (Lipinski definition) is 1. The Bertz CT molecular complexity index is 261. The Labute approximate surface area is 127 Å². The zero-order chi connectivity index (χ0) is 15.2. The predicted molar refractivity (Wildman–Crippen MR) is 90.2 cm³/mol. The van der Waals surface area contributed by atoms with E-state index in [-0.39, 0.29) is 0 Å². The standard InChI is InChI=1S/C18H38N2/c1-7-17(6)10-12-20(13-11-17)15-18(8-2,9-3)14-19-16(4)5/h16,19H,7-15H2,1-6H3. The van der Waals surface area contributed by atoms with Crippen LogP contribution >= 0.6 is 0 Å². The Balaban J connectivity index is 2.54. The van der Waals surface area contributed by atoms with Crippen molar-refractivity contribution in [2.45, 2.75) is 79.7 Å². The van der Waals surface area contributed by atoms with E-state index in [2.05, 4.69) is 51.8 Å². The zero-order valence-electron chi connectivity index (χ0n) is 14.9. The lowest BCUT2D eigenvalue weighted by molar-refractivity contribution is 0.0658. The molecule has 0 bridgehead atoms. The number of rotatable bonds is 8. The minimum absolute atomic E-state index is 0.463. The second-order valence-electron chi connectivity index (χ2n) is 7.68. The molecular weight excluding hydrogens is 244 g/mol. The van der Waals surface area contributed by atoms with Gasteiger partial charge in [-0.05, 0) is 49.6 Å². The van der Waals surface area contributed by atoms with E-state index < -0.39 is 0 Å². The monoisotopic (exact) mass is 282 g/mol. The lowest BCUT2D eigenvalue weighted by atomic mass is 9.76. The van der Waals surface area contributed by atoms with Gasteiger partial charge >= 0.3 is 0 Å². The molecule has 1 saturated heterocycles. The summed E-state index contributed by atoms with van der Waals surface area (Å²) in [6.45, 7) is 19.1. The van der Waals surface area contributed by atoms with Gasteiger partial charge < -0.3 is 10.2 Å². The first-order chi connectivity index (χ1) is 9.38. The van der Waals surface area contributed by atoms with Gasteiger partial charge in [-0.3, -0.25) is 0 Å². The van der Waals surface area contributed by atoms with Gasteiger partial charge in [0.2, 0.25) is 0 Å². The highest BCUT2D eigenvalue weighted by atomic mass is 15.1. The third kappa shape index (κ3) is 5.04. The van der Waals surface area contributed by atoms with Crippen LogP contribution in [0, 0.1) is 10.8 Å². The normalized spacial score (nSPS) is 20.6. The van der Waals surface area contributed by atoms with Crippen LogP contribution in [0.1, 0.15) is 73.6 Å². The molecule has 1 N–H and O–H groups in total. The van der Waals surface area contributed by atoms with Crippen molar-refractivity contribution in [3.8, 4) is 0 Å². The number of piperidine rings is 1.